The molecule has 1 heterocycles. The normalized spacial score (nSPS) is 13.0. The molecule has 0 atom stereocenters. The van der Waals surface area contributed by atoms with E-state index >= 15 is 0 Å². The summed E-state index contributed by atoms with van der Waals surface area (Å²) in [5.41, 5.74) is 5.75. The van der Waals surface area contributed by atoms with Crippen molar-refractivity contribution in [3.8, 4) is 5.75 Å². The number of benzene rings is 2. The smallest absolute Gasteiger partial charge is 0.227 e. The van der Waals surface area contributed by atoms with Crippen LogP contribution in [0.1, 0.15) is 35.6 Å². The molecular weight excluding hydrogens is 338 g/mol. The summed E-state index contributed by atoms with van der Waals surface area (Å²) < 4.78 is 11.2. The van der Waals surface area contributed by atoms with Gasteiger partial charge in [-0.3, -0.25) is 4.79 Å². The monoisotopic (exact) mass is 363 g/mol. The topological polar surface area (TPSA) is 42.7 Å². The number of furan rings is 1. The first-order chi connectivity index (χ1) is 13.1. The van der Waals surface area contributed by atoms with Gasteiger partial charge >= 0.3 is 0 Å². The Kier molecular flexibility index (Phi) is 4.88. The number of hydrogen-bond acceptors (Lipinski definition) is 3. The fraction of sp³-hybridized carbons (Fsp3) is 0.348. The van der Waals surface area contributed by atoms with Crippen LogP contribution in [0, 0.1) is 0 Å². The average molecular weight is 363 g/mol. The average Bonchev–Trinajstić information content (AvgIpc) is 3.28. The second-order valence-corrected chi connectivity index (χ2v) is 7.24. The maximum Gasteiger partial charge on any atom is 0.227 e. The number of nitrogens with zero attached hydrogens (tertiary/aromatic N) is 1. The molecule has 1 amide bonds. The molecule has 3 aromatic rings. The molecule has 0 bridgehead atoms. The molecule has 4 nitrogen and oxygen atoms in total. The Labute approximate surface area is 159 Å². The minimum Gasteiger partial charge on any atom is -0.494 e. The Hall–Kier alpha value is -2.75. The number of amides is 1. The van der Waals surface area contributed by atoms with Crippen molar-refractivity contribution in [2.75, 3.05) is 13.7 Å². The van der Waals surface area contributed by atoms with Crippen molar-refractivity contribution >= 4 is 16.9 Å². The largest absolute Gasteiger partial charge is 0.494 e. The van der Waals surface area contributed by atoms with Gasteiger partial charge in [0.2, 0.25) is 5.91 Å². The highest BCUT2D eigenvalue weighted by atomic mass is 16.5. The lowest BCUT2D eigenvalue weighted by molar-refractivity contribution is -0.129. The molecule has 0 spiro atoms. The maximum absolute atomic E-state index is 12.7. The lowest BCUT2D eigenvalue weighted by atomic mass is 10.0. The van der Waals surface area contributed by atoms with E-state index in [1.807, 2.05) is 38.2 Å². The van der Waals surface area contributed by atoms with E-state index in [1.54, 1.807) is 11.2 Å². The van der Waals surface area contributed by atoms with E-state index in [9.17, 15) is 4.79 Å². The lowest BCUT2D eigenvalue weighted by Crippen LogP contribution is -2.27. The fourth-order valence-electron chi connectivity index (χ4n) is 3.80. The number of rotatable bonds is 6. The Balaban J connectivity index is 1.44. The van der Waals surface area contributed by atoms with Crippen LogP contribution in [-0.4, -0.2) is 24.5 Å². The Morgan fingerprint density at radius 1 is 1.15 bits per heavy atom. The number of fused-ring (bicyclic) bond motifs is 2. The summed E-state index contributed by atoms with van der Waals surface area (Å²) in [5, 5.41) is 1.08. The van der Waals surface area contributed by atoms with Crippen LogP contribution in [0.5, 0.6) is 5.75 Å². The van der Waals surface area contributed by atoms with Crippen molar-refractivity contribution in [3.63, 3.8) is 0 Å². The van der Waals surface area contributed by atoms with Crippen molar-refractivity contribution in [3.05, 3.63) is 64.9 Å². The van der Waals surface area contributed by atoms with Gasteiger partial charge in [-0.1, -0.05) is 12.1 Å². The number of ether oxygens (including phenoxy) is 1. The van der Waals surface area contributed by atoms with Crippen molar-refractivity contribution in [1.82, 2.24) is 4.90 Å². The van der Waals surface area contributed by atoms with Gasteiger partial charge in [0.25, 0.3) is 0 Å². The van der Waals surface area contributed by atoms with E-state index in [4.69, 9.17) is 9.15 Å². The quantitative estimate of drug-likeness (QED) is 0.647. The third-order valence-electron chi connectivity index (χ3n) is 5.29. The zero-order valence-electron chi connectivity index (χ0n) is 16.0. The standard InChI is InChI=1S/C23H25NO3/c1-3-26-20-9-7-16(8-10-20)14-24(2)23(25)13-19-15-27-22-12-18-6-4-5-17(18)11-21(19)22/h7-12,15H,3-6,13-14H2,1-2H3. The van der Waals surface area contributed by atoms with Crippen molar-refractivity contribution in [1.29, 1.82) is 0 Å². The molecular formula is C23H25NO3. The van der Waals surface area contributed by atoms with Crippen LogP contribution >= 0.6 is 0 Å². The van der Waals surface area contributed by atoms with E-state index in [0.717, 1.165) is 40.7 Å². The van der Waals surface area contributed by atoms with Crippen LogP contribution in [-0.2, 0) is 30.6 Å². The molecule has 1 aliphatic rings. The summed E-state index contributed by atoms with van der Waals surface area (Å²) >= 11 is 0. The van der Waals surface area contributed by atoms with E-state index in [-0.39, 0.29) is 5.91 Å². The number of hydrogen-bond donors (Lipinski definition) is 0. The lowest BCUT2D eigenvalue weighted by Gasteiger charge is -2.17. The SMILES string of the molecule is CCOc1ccc(CN(C)C(=O)Cc2coc3cc4c(cc23)CCC4)cc1. The number of aryl methyl sites for hydroxylation is 2. The first-order valence-corrected chi connectivity index (χ1v) is 9.61. The van der Waals surface area contributed by atoms with Crippen molar-refractivity contribution < 1.29 is 13.9 Å². The fourth-order valence-corrected chi connectivity index (χ4v) is 3.80. The zero-order chi connectivity index (χ0) is 18.8. The molecule has 2 aromatic carbocycles. The second kappa shape index (κ2) is 7.47. The van der Waals surface area contributed by atoms with Gasteiger partial charge in [-0.2, -0.15) is 0 Å². The van der Waals surface area contributed by atoms with E-state index in [1.165, 1.54) is 17.5 Å². The predicted octanol–water partition coefficient (Wildman–Crippen LogP) is 4.52. The molecule has 27 heavy (non-hydrogen) atoms. The molecule has 0 fully saturated rings. The third kappa shape index (κ3) is 3.70. The molecule has 1 aromatic heterocycles. The minimum atomic E-state index is 0.0899. The van der Waals surface area contributed by atoms with E-state index < -0.39 is 0 Å². The van der Waals surface area contributed by atoms with E-state index in [2.05, 4.69) is 12.1 Å². The first-order valence-electron chi connectivity index (χ1n) is 9.61. The zero-order valence-corrected chi connectivity index (χ0v) is 16.0. The van der Waals surface area contributed by atoms with Crippen LogP contribution < -0.4 is 4.74 Å². The van der Waals surface area contributed by atoms with Crippen molar-refractivity contribution in [2.45, 2.75) is 39.2 Å². The highest BCUT2D eigenvalue weighted by molar-refractivity contribution is 5.88. The molecule has 0 saturated carbocycles. The molecule has 1 aliphatic carbocycles. The van der Waals surface area contributed by atoms with Crippen LogP contribution in [0.4, 0.5) is 0 Å². The molecule has 0 N–H and O–H groups in total. The van der Waals surface area contributed by atoms with Crippen molar-refractivity contribution in [2.24, 2.45) is 0 Å². The summed E-state index contributed by atoms with van der Waals surface area (Å²) in [6.45, 7) is 3.20. The summed E-state index contributed by atoms with van der Waals surface area (Å²) in [4.78, 5) is 14.5. The third-order valence-corrected chi connectivity index (χ3v) is 5.29. The maximum atomic E-state index is 12.7. The van der Waals surface area contributed by atoms with Gasteiger partial charge in [0, 0.05) is 24.5 Å². The number of likely N-dealkylation sites (N-methyl/N-ethyl adjacent to an activating group) is 1. The van der Waals surface area contributed by atoms with Gasteiger partial charge in [-0.25, -0.2) is 0 Å². The van der Waals surface area contributed by atoms with Gasteiger partial charge in [-0.05, 0) is 67.1 Å². The predicted molar refractivity (Wildman–Crippen MR) is 106 cm³/mol. The second-order valence-electron chi connectivity index (χ2n) is 7.24. The van der Waals surface area contributed by atoms with Gasteiger partial charge < -0.3 is 14.1 Å². The van der Waals surface area contributed by atoms with Gasteiger partial charge in [0.15, 0.2) is 0 Å². The Bertz CT molecular complexity index is 956. The molecule has 0 unspecified atom stereocenters. The number of carbonyl (C=O) groups is 1. The van der Waals surface area contributed by atoms with Gasteiger partial charge in [0.05, 0.1) is 19.3 Å². The molecule has 140 valence electrons. The Morgan fingerprint density at radius 3 is 2.63 bits per heavy atom. The first kappa shape index (κ1) is 17.7. The van der Waals surface area contributed by atoms with Crippen LogP contribution in [0.15, 0.2) is 47.1 Å². The van der Waals surface area contributed by atoms with Gasteiger partial charge in [0.1, 0.15) is 11.3 Å². The molecule has 4 heteroatoms. The molecule has 0 aliphatic heterocycles. The highest BCUT2D eigenvalue weighted by Gasteiger charge is 2.18. The number of carbonyl (C=O) groups excluding carboxylic acids is 1. The summed E-state index contributed by atoms with van der Waals surface area (Å²) in [5.74, 6) is 0.944. The van der Waals surface area contributed by atoms with Crippen LogP contribution in [0.25, 0.3) is 11.0 Å². The molecule has 4 rings (SSSR count). The molecule has 0 saturated heterocycles. The minimum absolute atomic E-state index is 0.0899. The summed E-state index contributed by atoms with van der Waals surface area (Å²) in [6.07, 6.45) is 5.56. The summed E-state index contributed by atoms with van der Waals surface area (Å²) in [6, 6.07) is 12.3. The van der Waals surface area contributed by atoms with E-state index in [0.29, 0.717) is 19.6 Å². The summed E-state index contributed by atoms with van der Waals surface area (Å²) in [7, 11) is 1.85. The molecule has 0 radical (unpaired) electrons. The van der Waals surface area contributed by atoms with Gasteiger partial charge in [-0.15, -0.1) is 0 Å². The van der Waals surface area contributed by atoms with Crippen LogP contribution in [0.2, 0.25) is 0 Å². The van der Waals surface area contributed by atoms with Crippen LogP contribution in [0.3, 0.4) is 0 Å². The Morgan fingerprint density at radius 2 is 1.89 bits per heavy atom. The highest BCUT2D eigenvalue weighted by Crippen LogP contribution is 2.30.